The molecule has 0 aromatic heterocycles. The van der Waals surface area contributed by atoms with Crippen LogP contribution in [0.15, 0.2) is 27.6 Å². The molecule has 114 valence electrons. The third-order valence-electron chi connectivity index (χ3n) is 2.49. The molecule has 1 rings (SSSR count). The van der Waals surface area contributed by atoms with Gasteiger partial charge in [-0.1, -0.05) is 0 Å². The molecule has 0 radical (unpaired) electrons. The Morgan fingerprint density at radius 1 is 1.35 bits per heavy atom. The number of nitrogens with two attached hydrogens (primary N) is 1. The SMILES string of the molecule is CC(C)N(CC(F)(F)F)S(=O)(=O)c1ccc(N)c(Br)c1. The predicted molar refractivity (Wildman–Crippen MR) is 73.6 cm³/mol. The molecular weight excluding hydrogens is 361 g/mol. The molecule has 0 fully saturated rings. The lowest BCUT2D eigenvalue weighted by Gasteiger charge is -2.27. The molecule has 1 aromatic carbocycles. The predicted octanol–water partition coefficient (Wildman–Crippen LogP) is 2.99. The molecule has 9 heteroatoms. The Balaban J connectivity index is 3.26. The van der Waals surface area contributed by atoms with Crippen LogP contribution in [0, 0.1) is 0 Å². The van der Waals surface area contributed by atoms with Gasteiger partial charge in [-0.3, -0.25) is 0 Å². The van der Waals surface area contributed by atoms with Crippen molar-refractivity contribution < 1.29 is 21.6 Å². The van der Waals surface area contributed by atoms with Crippen LogP contribution in [0.25, 0.3) is 0 Å². The molecule has 20 heavy (non-hydrogen) atoms. The largest absolute Gasteiger partial charge is 0.402 e. The first-order valence-electron chi connectivity index (χ1n) is 5.59. The highest BCUT2D eigenvalue weighted by Gasteiger charge is 2.38. The highest BCUT2D eigenvalue weighted by Crippen LogP contribution is 2.28. The second kappa shape index (κ2) is 5.90. The Hall–Kier alpha value is -0.800. The fraction of sp³-hybridized carbons (Fsp3) is 0.455. The highest BCUT2D eigenvalue weighted by atomic mass is 79.9. The Kier molecular flexibility index (Phi) is 5.09. The minimum absolute atomic E-state index is 0.239. The van der Waals surface area contributed by atoms with E-state index < -0.39 is 28.8 Å². The van der Waals surface area contributed by atoms with Gasteiger partial charge in [-0.05, 0) is 48.0 Å². The fourth-order valence-electron chi connectivity index (χ4n) is 1.53. The zero-order valence-corrected chi connectivity index (χ0v) is 13.2. The summed E-state index contributed by atoms with van der Waals surface area (Å²) in [7, 11) is -4.24. The number of anilines is 1. The summed E-state index contributed by atoms with van der Waals surface area (Å²) in [5.41, 5.74) is 5.84. The summed E-state index contributed by atoms with van der Waals surface area (Å²) >= 11 is 3.06. The molecule has 0 aliphatic heterocycles. The summed E-state index contributed by atoms with van der Waals surface area (Å²) in [5.74, 6) is 0. The van der Waals surface area contributed by atoms with Crippen LogP contribution in [-0.4, -0.2) is 31.5 Å². The normalized spacial score (nSPS) is 13.2. The minimum atomic E-state index is -4.61. The third kappa shape index (κ3) is 4.10. The van der Waals surface area contributed by atoms with Crippen molar-refractivity contribution in [2.24, 2.45) is 0 Å². The van der Waals surface area contributed by atoms with E-state index in [1.165, 1.54) is 32.0 Å². The van der Waals surface area contributed by atoms with Crippen molar-refractivity contribution in [2.75, 3.05) is 12.3 Å². The topological polar surface area (TPSA) is 63.4 Å². The van der Waals surface area contributed by atoms with Crippen molar-refractivity contribution in [3.63, 3.8) is 0 Å². The second-order valence-electron chi connectivity index (χ2n) is 4.44. The maximum atomic E-state index is 12.5. The van der Waals surface area contributed by atoms with Gasteiger partial charge in [0.2, 0.25) is 10.0 Å². The van der Waals surface area contributed by atoms with Gasteiger partial charge in [0.1, 0.15) is 6.54 Å². The number of benzene rings is 1. The second-order valence-corrected chi connectivity index (χ2v) is 7.19. The van der Waals surface area contributed by atoms with Crippen molar-refractivity contribution in [3.8, 4) is 0 Å². The van der Waals surface area contributed by atoms with E-state index in [4.69, 9.17) is 5.73 Å². The summed E-state index contributed by atoms with van der Waals surface area (Å²) in [4.78, 5) is -0.239. The lowest BCUT2D eigenvalue weighted by Crippen LogP contribution is -2.43. The van der Waals surface area contributed by atoms with Gasteiger partial charge < -0.3 is 5.73 Å². The Morgan fingerprint density at radius 3 is 2.30 bits per heavy atom. The van der Waals surface area contributed by atoms with Gasteiger partial charge >= 0.3 is 6.18 Å². The number of sulfonamides is 1. The molecule has 0 bridgehead atoms. The van der Waals surface area contributed by atoms with Crippen molar-refractivity contribution >= 4 is 31.6 Å². The van der Waals surface area contributed by atoms with E-state index >= 15 is 0 Å². The summed E-state index contributed by atoms with van der Waals surface area (Å²) in [6, 6.07) is 2.87. The van der Waals surface area contributed by atoms with Crippen LogP contribution in [-0.2, 0) is 10.0 Å². The molecule has 0 aliphatic carbocycles. The highest BCUT2D eigenvalue weighted by molar-refractivity contribution is 9.10. The van der Waals surface area contributed by atoms with Gasteiger partial charge in [0.15, 0.2) is 0 Å². The lowest BCUT2D eigenvalue weighted by atomic mass is 10.3. The number of hydrogen-bond donors (Lipinski definition) is 1. The molecule has 0 saturated heterocycles. The van der Waals surface area contributed by atoms with E-state index in [1.807, 2.05) is 0 Å². The molecule has 0 saturated carbocycles. The van der Waals surface area contributed by atoms with Gasteiger partial charge in [-0.15, -0.1) is 0 Å². The van der Waals surface area contributed by atoms with Crippen molar-refractivity contribution in [2.45, 2.75) is 31.0 Å². The van der Waals surface area contributed by atoms with E-state index in [0.29, 0.717) is 14.5 Å². The van der Waals surface area contributed by atoms with Crippen LogP contribution in [0.2, 0.25) is 0 Å². The van der Waals surface area contributed by atoms with Crippen molar-refractivity contribution in [1.29, 1.82) is 0 Å². The van der Waals surface area contributed by atoms with Gasteiger partial charge in [0.05, 0.1) is 4.90 Å². The summed E-state index contributed by atoms with van der Waals surface area (Å²) in [6.07, 6.45) is -4.61. The molecule has 0 aliphatic rings. The van der Waals surface area contributed by atoms with Crippen LogP contribution in [0.3, 0.4) is 0 Å². The maximum absolute atomic E-state index is 12.5. The van der Waals surface area contributed by atoms with E-state index in [2.05, 4.69) is 15.9 Å². The van der Waals surface area contributed by atoms with Crippen molar-refractivity contribution in [3.05, 3.63) is 22.7 Å². The number of alkyl halides is 3. The van der Waals surface area contributed by atoms with E-state index in [1.54, 1.807) is 0 Å². The first-order chi connectivity index (χ1) is 8.95. The molecule has 1 aromatic rings. The summed E-state index contributed by atoms with van der Waals surface area (Å²) < 4.78 is 62.8. The number of hydrogen-bond acceptors (Lipinski definition) is 3. The van der Waals surface area contributed by atoms with Crippen LogP contribution < -0.4 is 5.73 Å². The molecular formula is C11H14BrF3N2O2S. The maximum Gasteiger partial charge on any atom is 0.402 e. The van der Waals surface area contributed by atoms with Crippen LogP contribution >= 0.6 is 15.9 Å². The molecule has 0 unspecified atom stereocenters. The molecule has 0 spiro atoms. The number of rotatable bonds is 4. The quantitative estimate of drug-likeness (QED) is 0.823. The molecule has 0 amide bonds. The lowest BCUT2D eigenvalue weighted by molar-refractivity contribution is -0.138. The number of halogens is 4. The summed E-state index contributed by atoms with van der Waals surface area (Å²) in [6.45, 7) is 1.24. The van der Waals surface area contributed by atoms with Crippen molar-refractivity contribution in [1.82, 2.24) is 4.31 Å². The zero-order chi connectivity index (χ0) is 15.7. The van der Waals surface area contributed by atoms with Gasteiger partial charge in [-0.2, -0.15) is 17.5 Å². The fourth-order valence-corrected chi connectivity index (χ4v) is 3.70. The van der Waals surface area contributed by atoms with E-state index in [-0.39, 0.29) is 4.90 Å². The monoisotopic (exact) mass is 374 g/mol. The molecule has 0 atom stereocenters. The number of nitrogens with zero attached hydrogens (tertiary/aromatic N) is 1. The van der Waals surface area contributed by atoms with E-state index in [9.17, 15) is 21.6 Å². The van der Waals surface area contributed by atoms with Gasteiger partial charge in [0.25, 0.3) is 0 Å². The van der Waals surface area contributed by atoms with Crippen LogP contribution in [0.4, 0.5) is 18.9 Å². The Labute approximate surface area is 123 Å². The first-order valence-corrected chi connectivity index (χ1v) is 7.82. The molecule has 2 N–H and O–H groups in total. The Morgan fingerprint density at radius 2 is 1.90 bits per heavy atom. The first kappa shape index (κ1) is 17.3. The van der Waals surface area contributed by atoms with Crippen LogP contribution in [0.1, 0.15) is 13.8 Å². The number of nitrogen functional groups attached to an aromatic ring is 1. The van der Waals surface area contributed by atoms with E-state index in [0.717, 1.165) is 0 Å². The summed E-state index contributed by atoms with van der Waals surface area (Å²) in [5, 5.41) is 0. The molecule has 0 heterocycles. The minimum Gasteiger partial charge on any atom is -0.398 e. The standard InChI is InChI=1S/C11H14BrF3N2O2S/c1-7(2)17(6-11(13,14)15)20(18,19)8-3-4-10(16)9(12)5-8/h3-5,7H,6,16H2,1-2H3. The smallest absolute Gasteiger partial charge is 0.398 e. The van der Waals surface area contributed by atoms with Gasteiger partial charge in [-0.25, -0.2) is 8.42 Å². The average Bonchev–Trinajstić information content (AvgIpc) is 2.28. The third-order valence-corrected chi connectivity index (χ3v) is 5.19. The zero-order valence-electron chi connectivity index (χ0n) is 10.8. The molecule has 4 nitrogen and oxygen atoms in total. The average molecular weight is 375 g/mol. The van der Waals surface area contributed by atoms with Crippen LogP contribution in [0.5, 0.6) is 0 Å². The Bertz CT molecular complexity index is 588. The van der Waals surface area contributed by atoms with Gasteiger partial charge in [0, 0.05) is 16.2 Å².